The van der Waals surface area contributed by atoms with Crippen LogP contribution >= 0.6 is 0 Å². The first-order valence-electron chi connectivity index (χ1n) is 4.17. The molecule has 0 fully saturated rings. The molecule has 0 saturated carbocycles. The van der Waals surface area contributed by atoms with Gasteiger partial charge in [-0.2, -0.15) is 5.10 Å². The maximum absolute atomic E-state index is 5.77. The van der Waals surface area contributed by atoms with Crippen LogP contribution in [-0.2, 0) is 17.9 Å². The molecule has 2 N–H and O–H groups in total. The van der Waals surface area contributed by atoms with Gasteiger partial charge in [-0.15, -0.1) is 0 Å². The van der Waals surface area contributed by atoms with Gasteiger partial charge < -0.3 is 10.5 Å². The number of hydrogen-bond donors (Lipinski definition) is 1. The highest BCUT2D eigenvalue weighted by Gasteiger charge is 2.16. The summed E-state index contributed by atoms with van der Waals surface area (Å²) in [6, 6.07) is 0.0513. The fourth-order valence-electron chi connectivity index (χ4n) is 1.48. The molecule has 0 unspecified atom stereocenters. The minimum atomic E-state index is 0.0513. The maximum Gasteiger partial charge on any atom is 0.0889 e. The van der Waals surface area contributed by atoms with Gasteiger partial charge in [0.2, 0.25) is 0 Å². The predicted octanol–water partition coefficient (Wildman–Crippen LogP) is 0.433. The molecule has 1 aliphatic heterocycles. The zero-order valence-corrected chi connectivity index (χ0v) is 7.16. The molecule has 0 aliphatic carbocycles. The standard InChI is InChI=1S/C8H13N3O/c1-6(9)7-4-10-11-2-3-12-5-8(7)11/h4,6H,2-3,5,9H2,1H3/t6-/m1/s1. The molecule has 0 bridgehead atoms. The monoisotopic (exact) mass is 167 g/mol. The first-order valence-corrected chi connectivity index (χ1v) is 4.17. The number of nitrogens with zero attached hydrogens (tertiary/aromatic N) is 2. The summed E-state index contributed by atoms with van der Waals surface area (Å²) in [5.74, 6) is 0. The van der Waals surface area contributed by atoms with E-state index in [9.17, 15) is 0 Å². The van der Waals surface area contributed by atoms with Crippen molar-refractivity contribution in [3.05, 3.63) is 17.5 Å². The van der Waals surface area contributed by atoms with E-state index in [-0.39, 0.29) is 6.04 Å². The first kappa shape index (κ1) is 7.76. The van der Waals surface area contributed by atoms with Crippen LogP contribution in [0.1, 0.15) is 24.2 Å². The van der Waals surface area contributed by atoms with Gasteiger partial charge in [-0.25, -0.2) is 0 Å². The molecule has 0 saturated heterocycles. The van der Waals surface area contributed by atoms with Gasteiger partial charge in [0.25, 0.3) is 0 Å². The number of rotatable bonds is 1. The Morgan fingerprint density at radius 3 is 3.33 bits per heavy atom. The molecule has 1 aromatic rings. The first-order chi connectivity index (χ1) is 5.79. The summed E-state index contributed by atoms with van der Waals surface area (Å²) < 4.78 is 7.30. The van der Waals surface area contributed by atoms with Gasteiger partial charge in [0, 0.05) is 11.6 Å². The molecule has 4 nitrogen and oxygen atoms in total. The Morgan fingerprint density at radius 1 is 1.75 bits per heavy atom. The highest BCUT2D eigenvalue weighted by molar-refractivity contribution is 5.20. The molecule has 66 valence electrons. The molecule has 4 heteroatoms. The van der Waals surface area contributed by atoms with Crippen molar-refractivity contribution in [2.45, 2.75) is 26.1 Å². The SMILES string of the molecule is C[C@@H](N)c1cnn2c1COCC2. The molecular weight excluding hydrogens is 154 g/mol. The van der Waals surface area contributed by atoms with Crippen molar-refractivity contribution in [3.8, 4) is 0 Å². The van der Waals surface area contributed by atoms with Crippen LogP contribution in [0.15, 0.2) is 6.20 Å². The Morgan fingerprint density at radius 2 is 2.58 bits per heavy atom. The molecule has 1 atom stereocenters. The van der Waals surface area contributed by atoms with E-state index < -0.39 is 0 Å². The Bertz CT molecular complexity index is 280. The van der Waals surface area contributed by atoms with Crippen molar-refractivity contribution in [1.82, 2.24) is 9.78 Å². The second-order valence-corrected chi connectivity index (χ2v) is 3.11. The van der Waals surface area contributed by atoms with Gasteiger partial charge in [0.15, 0.2) is 0 Å². The van der Waals surface area contributed by atoms with E-state index in [1.54, 1.807) is 0 Å². The number of nitrogens with two attached hydrogens (primary N) is 1. The van der Waals surface area contributed by atoms with E-state index in [0.29, 0.717) is 6.61 Å². The Labute approximate surface area is 71.3 Å². The maximum atomic E-state index is 5.77. The lowest BCUT2D eigenvalue weighted by Crippen LogP contribution is -2.19. The molecule has 2 rings (SSSR count). The number of aromatic nitrogens is 2. The van der Waals surface area contributed by atoms with E-state index in [1.165, 1.54) is 0 Å². The minimum Gasteiger partial charge on any atom is -0.373 e. The minimum absolute atomic E-state index is 0.0513. The quantitative estimate of drug-likeness (QED) is 0.660. The average Bonchev–Trinajstić information content (AvgIpc) is 2.47. The van der Waals surface area contributed by atoms with Crippen LogP contribution < -0.4 is 5.73 Å². The topological polar surface area (TPSA) is 53.1 Å². The zero-order valence-electron chi connectivity index (χ0n) is 7.16. The molecular formula is C8H13N3O. The molecule has 0 spiro atoms. The van der Waals surface area contributed by atoms with Crippen LogP contribution in [0.4, 0.5) is 0 Å². The fourth-order valence-corrected chi connectivity index (χ4v) is 1.48. The van der Waals surface area contributed by atoms with E-state index >= 15 is 0 Å². The van der Waals surface area contributed by atoms with Crippen molar-refractivity contribution in [2.24, 2.45) is 5.73 Å². The summed E-state index contributed by atoms with van der Waals surface area (Å²) >= 11 is 0. The van der Waals surface area contributed by atoms with Crippen LogP contribution in [0.2, 0.25) is 0 Å². The third-order valence-corrected chi connectivity index (χ3v) is 2.16. The zero-order chi connectivity index (χ0) is 8.55. The lowest BCUT2D eigenvalue weighted by atomic mass is 10.1. The fraction of sp³-hybridized carbons (Fsp3) is 0.625. The number of ether oxygens (including phenoxy) is 1. The molecule has 0 radical (unpaired) electrons. The smallest absolute Gasteiger partial charge is 0.0889 e. The Kier molecular flexibility index (Phi) is 1.86. The van der Waals surface area contributed by atoms with Crippen molar-refractivity contribution in [3.63, 3.8) is 0 Å². The van der Waals surface area contributed by atoms with Gasteiger partial charge in [0.05, 0.1) is 31.6 Å². The van der Waals surface area contributed by atoms with Crippen LogP contribution in [0.25, 0.3) is 0 Å². The second-order valence-electron chi connectivity index (χ2n) is 3.11. The lowest BCUT2D eigenvalue weighted by molar-refractivity contribution is 0.0792. The van der Waals surface area contributed by atoms with Crippen LogP contribution in [0, 0.1) is 0 Å². The summed E-state index contributed by atoms with van der Waals surface area (Å²) in [6.45, 7) is 4.22. The number of hydrogen-bond acceptors (Lipinski definition) is 3. The molecule has 12 heavy (non-hydrogen) atoms. The van der Waals surface area contributed by atoms with Gasteiger partial charge in [-0.1, -0.05) is 0 Å². The van der Waals surface area contributed by atoms with Crippen molar-refractivity contribution >= 4 is 0 Å². The third-order valence-electron chi connectivity index (χ3n) is 2.16. The van der Waals surface area contributed by atoms with E-state index in [1.807, 2.05) is 17.8 Å². The molecule has 1 aromatic heterocycles. The van der Waals surface area contributed by atoms with Crippen molar-refractivity contribution < 1.29 is 4.74 Å². The number of fused-ring (bicyclic) bond motifs is 1. The van der Waals surface area contributed by atoms with Crippen molar-refractivity contribution in [2.75, 3.05) is 6.61 Å². The Hall–Kier alpha value is -0.870. The van der Waals surface area contributed by atoms with Crippen LogP contribution in [-0.4, -0.2) is 16.4 Å². The van der Waals surface area contributed by atoms with E-state index in [0.717, 1.165) is 24.4 Å². The highest BCUT2D eigenvalue weighted by atomic mass is 16.5. The predicted molar refractivity (Wildman–Crippen MR) is 44.5 cm³/mol. The third kappa shape index (κ3) is 1.13. The van der Waals surface area contributed by atoms with E-state index in [4.69, 9.17) is 10.5 Å². The van der Waals surface area contributed by atoms with Crippen LogP contribution in [0.3, 0.4) is 0 Å². The summed E-state index contributed by atoms with van der Waals surface area (Å²) in [7, 11) is 0. The molecule has 1 aliphatic rings. The molecule has 0 amide bonds. The summed E-state index contributed by atoms with van der Waals surface area (Å²) in [5.41, 5.74) is 8.01. The summed E-state index contributed by atoms with van der Waals surface area (Å²) in [5, 5.41) is 4.23. The van der Waals surface area contributed by atoms with Gasteiger partial charge >= 0.3 is 0 Å². The van der Waals surface area contributed by atoms with Crippen molar-refractivity contribution in [1.29, 1.82) is 0 Å². The molecule has 0 aromatic carbocycles. The van der Waals surface area contributed by atoms with Crippen LogP contribution in [0.5, 0.6) is 0 Å². The normalized spacial score (nSPS) is 18.8. The van der Waals surface area contributed by atoms with Gasteiger partial charge in [-0.05, 0) is 6.92 Å². The average molecular weight is 167 g/mol. The summed E-state index contributed by atoms with van der Waals surface area (Å²) in [6.07, 6.45) is 1.84. The highest BCUT2D eigenvalue weighted by Crippen LogP contribution is 2.18. The second kappa shape index (κ2) is 2.88. The van der Waals surface area contributed by atoms with Gasteiger partial charge in [-0.3, -0.25) is 4.68 Å². The Balaban J connectivity index is 2.38. The lowest BCUT2D eigenvalue weighted by Gasteiger charge is -2.16. The van der Waals surface area contributed by atoms with Gasteiger partial charge in [0.1, 0.15) is 0 Å². The molecule has 2 heterocycles. The summed E-state index contributed by atoms with van der Waals surface area (Å²) in [4.78, 5) is 0. The largest absolute Gasteiger partial charge is 0.373 e. The van der Waals surface area contributed by atoms with E-state index in [2.05, 4.69) is 5.10 Å².